The van der Waals surface area contributed by atoms with Gasteiger partial charge >= 0.3 is 0 Å². The van der Waals surface area contributed by atoms with Gasteiger partial charge in [-0.15, -0.1) is 0 Å². The van der Waals surface area contributed by atoms with Gasteiger partial charge < -0.3 is 9.80 Å². The van der Waals surface area contributed by atoms with Crippen LogP contribution in [0.25, 0.3) is 0 Å². The number of carbonyl (C=O) groups is 2. The molecule has 5 rings (SSSR count). The number of benzene rings is 1. The van der Waals surface area contributed by atoms with E-state index in [9.17, 15) is 9.59 Å². The Hall–Kier alpha value is -2.69. The second-order valence-corrected chi connectivity index (χ2v) is 9.38. The van der Waals surface area contributed by atoms with Crippen molar-refractivity contribution in [1.29, 1.82) is 0 Å². The van der Waals surface area contributed by atoms with Crippen LogP contribution in [0.1, 0.15) is 55.6 Å². The summed E-state index contributed by atoms with van der Waals surface area (Å²) in [7, 11) is 0. The van der Waals surface area contributed by atoms with Crippen LogP contribution in [0.4, 0.5) is 0 Å². The van der Waals surface area contributed by atoms with E-state index in [1.807, 2.05) is 17.0 Å². The average Bonchev–Trinajstić information content (AvgIpc) is 3.19. The van der Waals surface area contributed by atoms with Crippen LogP contribution >= 0.6 is 0 Å². The predicted octanol–water partition coefficient (Wildman–Crippen LogP) is 4.01. The molecule has 0 N–H and O–H groups in total. The highest BCUT2D eigenvalue weighted by Crippen LogP contribution is 2.44. The van der Waals surface area contributed by atoms with E-state index in [-0.39, 0.29) is 17.7 Å². The molecule has 2 saturated heterocycles. The van der Waals surface area contributed by atoms with E-state index in [4.69, 9.17) is 0 Å². The van der Waals surface area contributed by atoms with E-state index in [0.717, 1.165) is 24.9 Å². The first-order valence-electron chi connectivity index (χ1n) is 11.7. The summed E-state index contributed by atoms with van der Waals surface area (Å²) in [5.74, 6) is 1.18. The maximum atomic E-state index is 13.6. The molecule has 0 radical (unpaired) electrons. The number of hydrogen-bond acceptors (Lipinski definition) is 3. The van der Waals surface area contributed by atoms with E-state index < -0.39 is 0 Å². The standard InChI is InChI=1S/C26H31N3O2/c30-25-16-21(18-28(25)17-19-10-13-27-14-11-19)26(31)29-15-12-22(20-6-2-1-3-7-20)23-8-4-5-9-24(23)29/h1-3,6-7,10-11,13-14,21-24H,4-5,8-9,12,15-18H2/t21?,22-,23-,24-/m1/s1. The van der Waals surface area contributed by atoms with Gasteiger partial charge in [0.15, 0.2) is 0 Å². The number of fused-ring (bicyclic) bond motifs is 1. The molecule has 5 nitrogen and oxygen atoms in total. The molecule has 3 heterocycles. The van der Waals surface area contributed by atoms with Crippen LogP contribution in [0.3, 0.4) is 0 Å². The highest BCUT2D eigenvalue weighted by molar-refractivity contribution is 5.89. The second kappa shape index (κ2) is 8.81. The molecule has 3 fully saturated rings. The fourth-order valence-electron chi connectivity index (χ4n) is 6.08. The van der Waals surface area contributed by atoms with E-state index in [2.05, 4.69) is 40.2 Å². The highest BCUT2D eigenvalue weighted by Gasteiger charge is 2.45. The van der Waals surface area contributed by atoms with Crippen LogP contribution in [0.5, 0.6) is 0 Å². The summed E-state index contributed by atoms with van der Waals surface area (Å²) in [5, 5.41) is 0. The van der Waals surface area contributed by atoms with Crippen molar-refractivity contribution in [2.45, 2.75) is 57.0 Å². The number of hydrogen-bond donors (Lipinski definition) is 0. The summed E-state index contributed by atoms with van der Waals surface area (Å²) in [4.78, 5) is 34.3. The Balaban J connectivity index is 1.29. The molecule has 2 aliphatic heterocycles. The molecule has 5 heteroatoms. The van der Waals surface area contributed by atoms with Gasteiger partial charge in [-0.25, -0.2) is 0 Å². The van der Waals surface area contributed by atoms with Crippen LogP contribution in [-0.4, -0.2) is 45.7 Å². The van der Waals surface area contributed by atoms with Crippen molar-refractivity contribution < 1.29 is 9.59 Å². The fourth-order valence-corrected chi connectivity index (χ4v) is 6.08. The Morgan fingerprint density at radius 3 is 2.58 bits per heavy atom. The smallest absolute Gasteiger partial charge is 0.228 e. The molecular formula is C26H31N3O2. The molecular weight excluding hydrogens is 386 g/mol. The first kappa shape index (κ1) is 20.2. The molecule has 1 aromatic carbocycles. The minimum atomic E-state index is -0.204. The maximum absolute atomic E-state index is 13.6. The van der Waals surface area contributed by atoms with Gasteiger partial charge in [-0.05, 0) is 54.4 Å². The lowest BCUT2D eigenvalue weighted by atomic mass is 9.69. The Morgan fingerprint density at radius 2 is 1.77 bits per heavy atom. The molecule has 162 valence electrons. The Kier molecular flexibility index (Phi) is 5.75. The lowest BCUT2D eigenvalue weighted by Gasteiger charge is -2.49. The zero-order valence-corrected chi connectivity index (χ0v) is 18.0. The number of rotatable bonds is 4. The number of nitrogens with zero attached hydrogens (tertiary/aromatic N) is 3. The van der Waals surface area contributed by atoms with Crippen LogP contribution in [-0.2, 0) is 16.1 Å². The quantitative estimate of drug-likeness (QED) is 0.755. The Bertz CT molecular complexity index is 917. The third-order valence-electron chi connectivity index (χ3n) is 7.58. The molecule has 0 bridgehead atoms. The monoisotopic (exact) mass is 417 g/mol. The summed E-state index contributed by atoms with van der Waals surface area (Å²) in [5.41, 5.74) is 2.48. The molecule has 2 amide bonds. The number of amides is 2. The summed E-state index contributed by atoms with van der Waals surface area (Å²) in [6.07, 6.45) is 9.63. The zero-order valence-electron chi connectivity index (χ0n) is 18.0. The van der Waals surface area contributed by atoms with Gasteiger partial charge in [0, 0.05) is 44.5 Å². The van der Waals surface area contributed by atoms with E-state index in [1.165, 1.54) is 24.8 Å². The van der Waals surface area contributed by atoms with E-state index in [1.54, 1.807) is 12.4 Å². The van der Waals surface area contributed by atoms with Gasteiger partial charge in [0.05, 0.1) is 5.92 Å². The molecule has 2 aromatic rings. The summed E-state index contributed by atoms with van der Waals surface area (Å²) in [6, 6.07) is 15.0. The predicted molar refractivity (Wildman–Crippen MR) is 119 cm³/mol. The van der Waals surface area contributed by atoms with Gasteiger partial charge in [0.2, 0.25) is 11.8 Å². The normalized spacial score (nSPS) is 28.5. The van der Waals surface area contributed by atoms with Crippen LogP contribution in [0.2, 0.25) is 0 Å². The van der Waals surface area contributed by atoms with Crippen molar-refractivity contribution in [2.75, 3.05) is 13.1 Å². The molecule has 4 atom stereocenters. The summed E-state index contributed by atoms with van der Waals surface area (Å²) >= 11 is 0. The van der Waals surface area contributed by atoms with Gasteiger partial charge in [-0.3, -0.25) is 14.6 Å². The van der Waals surface area contributed by atoms with Crippen molar-refractivity contribution in [3.05, 3.63) is 66.0 Å². The van der Waals surface area contributed by atoms with Crippen LogP contribution in [0, 0.1) is 11.8 Å². The molecule has 1 aromatic heterocycles. The first-order valence-corrected chi connectivity index (χ1v) is 11.7. The SMILES string of the molecule is O=C1CC(C(=O)N2CC[C@H](c3ccccc3)[C@H]3CCCC[C@H]32)CN1Cc1ccncc1. The Morgan fingerprint density at radius 1 is 1.00 bits per heavy atom. The molecule has 31 heavy (non-hydrogen) atoms. The van der Waals surface area contributed by atoms with Crippen LogP contribution < -0.4 is 0 Å². The van der Waals surface area contributed by atoms with E-state index >= 15 is 0 Å². The fraction of sp³-hybridized carbons (Fsp3) is 0.500. The van der Waals surface area contributed by atoms with Gasteiger partial charge in [0.1, 0.15) is 0 Å². The number of likely N-dealkylation sites (tertiary alicyclic amines) is 2. The van der Waals surface area contributed by atoms with Gasteiger partial charge in [-0.1, -0.05) is 43.2 Å². The second-order valence-electron chi connectivity index (χ2n) is 9.38. The number of pyridine rings is 1. The lowest BCUT2D eigenvalue weighted by Crippen LogP contribution is -2.54. The van der Waals surface area contributed by atoms with Crippen molar-refractivity contribution in [3.63, 3.8) is 0 Å². The largest absolute Gasteiger partial charge is 0.339 e. The molecule has 1 unspecified atom stereocenters. The average molecular weight is 418 g/mol. The lowest BCUT2D eigenvalue weighted by molar-refractivity contribution is -0.142. The summed E-state index contributed by atoms with van der Waals surface area (Å²) in [6.45, 7) is 1.91. The molecule has 1 saturated carbocycles. The summed E-state index contributed by atoms with van der Waals surface area (Å²) < 4.78 is 0. The highest BCUT2D eigenvalue weighted by atomic mass is 16.2. The topological polar surface area (TPSA) is 53.5 Å². The van der Waals surface area contributed by atoms with Gasteiger partial charge in [-0.2, -0.15) is 0 Å². The van der Waals surface area contributed by atoms with Crippen molar-refractivity contribution in [1.82, 2.24) is 14.8 Å². The number of piperidine rings is 1. The third kappa shape index (κ3) is 4.10. The van der Waals surface area contributed by atoms with Crippen molar-refractivity contribution >= 4 is 11.8 Å². The van der Waals surface area contributed by atoms with Crippen molar-refractivity contribution in [2.24, 2.45) is 11.8 Å². The van der Waals surface area contributed by atoms with E-state index in [0.29, 0.717) is 37.4 Å². The van der Waals surface area contributed by atoms with Crippen LogP contribution in [0.15, 0.2) is 54.9 Å². The number of carbonyl (C=O) groups excluding carboxylic acids is 2. The minimum Gasteiger partial charge on any atom is -0.339 e. The maximum Gasteiger partial charge on any atom is 0.228 e. The Labute approximate surface area is 184 Å². The third-order valence-corrected chi connectivity index (χ3v) is 7.58. The van der Waals surface area contributed by atoms with Crippen molar-refractivity contribution in [3.8, 4) is 0 Å². The molecule has 1 aliphatic carbocycles. The zero-order chi connectivity index (χ0) is 21.2. The first-order chi connectivity index (χ1) is 15.2. The molecule has 0 spiro atoms. The molecule has 3 aliphatic rings. The minimum absolute atomic E-state index is 0.0922. The van der Waals surface area contributed by atoms with Gasteiger partial charge in [0.25, 0.3) is 0 Å². The number of aromatic nitrogens is 1.